The van der Waals surface area contributed by atoms with E-state index in [-0.39, 0.29) is 17.0 Å². The first-order valence-electron chi connectivity index (χ1n) is 6.28. The SMILES string of the molecule is Nc1cc(S(N)(=O)=O)ccc1NC1CC2CCC1O2. The lowest BCUT2D eigenvalue weighted by molar-refractivity contribution is 0.102. The Bertz CT molecular complexity index is 602. The van der Waals surface area contributed by atoms with E-state index in [2.05, 4.69) is 5.32 Å². The van der Waals surface area contributed by atoms with Crippen molar-refractivity contribution in [1.82, 2.24) is 0 Å². The van der Waals surface area contributed by atoms with E-state index in [9.17, 15) is 8.42 Å². The van der Waals surface area contributed by atoms with Crippen LogP contribution in [0.4, 0.5) is 11.4 Å². The summed E-state index contributed by atoms with van der Waals surface area (Å²) in [7, 11) is -3.71. The highest BCUT2D eigenvalue weighted by molar-refractivity contribution is 7.89. The van der Waals surface area contributed by atoms with Gasteiger partial charge in [0.15, 0.2) is 0 Å². The van der Waals surface area contributed by atoms with Crippen molar-refractivity contribution >= 4 is 21.4 Å². The number of benzene rings is 1. The van der Waals surface area contributed by atoms with Crippen LogP contribution in [-0.4, -0.2) is 26.7 Å². The summed E-state index contributed by atoms with van der Waals surface area (Å²) in [5, 5.41) is 8.40. The molecule has 2 saturated heterocycles. The fourth-order valence-electron chi connectivity index (χ4n) is 2.84. The topological polar surface area (TPSA) is 107 Å². The summed E-state index contributed by atoms with van der Waals surface area (Å²) in [6.45, 7) is 0. The molecule has 0 radical (unpaired) electrons. The van der Waals surface area contributed by atoms with Crippen molar-refractivity contribution in [2.75, 3.05) is 11.1 Å². The minimum Gasteiger partial charge on any atom is -0.397 e. The normalized spacial score (nSPS) is 29.6. The molecule has 0 aromatic heterocycles. The Kier molecular flexibility index (Phi) is 2.92. The number of sulfonamides is 1. The number of nitrogens with two attached hydrogens (primary N) is 2. The standard InChI is InChI=1S/C12H17N3O3S/c13-9-6-8(19(14,16)17)2-3-10(9)15-11-5-7-1-4-12(11)18-7/h2-3,6-7,11-12,15H,1,4-5,13H2,(H2,14,16,17). The molecule has 2 bridgehead atoms. The first-order valence-corrected chi connectivity index (χ1v) is 7.82. The highest BCUT2D eigenvalue weighted by Crippen LogP contribution is 2.36. The minimum atomic E-state index is -3.71. The third kappa shape index (κ3) is 2.41. The molecule has 0 amide bonds. The lowest BCUT2D eigenvalue weighted by Gasteiger charge is -2.22. The van der Waals surface area contributed by atoms with E-state index in [1.165, 1.54) is 12.1 Å². The Balaban J connectivity index is 1.79. The molecular formula is C12H17N3O3S. The molecule has 5 N–H and O–H groups in total. The number of hydrogen-bond acceptors (Lipinski definition) is 5. The van der Waals surface area contributed by atoms with Crippen LogP contribution in [0.15, 0.2) is 23.1 Å². The Morgan fingerprint density at radius 1 is 1.32 bits per heavy atom. The van der Waals surface area contributed by atoms with Crippen molar-refractivity contribution in [2.24, 2.45) is 5.14 Å². The Morgan fingerprint density at radius 3 is 2.63 bits per heavy atom. The van der Waals surface area contributed by atoms with E-state index in [4.69, 9.17) is 15.6 Å². The van der Waals surface area contributed by atoms with E-state index >= 15 is 0 Å². The maximum atomic E-state index is 11.2. The molecule has 2 fully saturated rings. The fourth-order valence-corrected chi connectivity index (χ4v) is 3.39. The summed E-state index contributed by atoms with van der Waals surface area (Å²) in [5.74, 6) is 0. The van der Waals surface area contributed by atoms with Gasteiger partial charge < -0.3 is 15.8 Å². The number of fused-ring (bicyclic) bond motifs is 2. The van der Waals surface area contributed by atoms with Crippen LogP contribution in [0.3, 0.4) is 0 Å². The smallest absolute Gasteiger partial charge is 0.238 e. The first-order chi connectivity index (χ1) is 8.93. The van der Waals surface area contributed by atoms with Crippen LogP contribution in [0, 0.1) is 0 Å². The fraction of sp³-hybridized carbons (Fsp3) is 0.500. The van der Waals surface area contributed by atoms with Crippen molar-refractivity contribution < 1.29 is 13.2 Å². The Morgan fingerprint density at radius 2 is 2.11 bits per heavy atom. The molecule has 6 nitrogen and oxygen atoms in total. The highest BCUT2D eigenvalue weighted by atomic mass is 32.2. The van der Waals surface area contributed by atoms with Crippen LogP contribution in [0.5, 0.6) is 0 Å². The average Bonchev–Trinajstić information content (AvgIpc) is 2.92. The van der Waals surface area contributed by atoms with Crippen LogP contribution in [0.2, 0.25) is 0 Å². The zero-order valence-corrected chi connectivity index (χ0v) is 11.2. The predicted molar refractivity (Wildman–Crippen MR) is 72.2 cm³/mol. The molecule has 2 aliphatic rings. The second-order valence-electron chi connectivity index (χ2n) is 5.15. The third-order valence-electron chi connectivity index (χ3n) is 3.80. The van der Waals surface area contributed by atoms with Gasteiger partial charge in [-0.3, -0.25) is 0 Å². The molecule has 104 valence electrons. The quantitative estimate of drug-likeness (QED) is 0.706. The van der Waals surface area contributed by atoms with E-state index in [0.29, 0.717) is 11.8 Å². The number of hydrogen-bond donors (Lipinski definition) is 3. The zero-order chi connectivity index (χ0) is 13.6. The lowest BCUT2D eigenvalue weighted by Crippen LogP contribution is -2.30. The molecule has 2 heterocycles. The lowest BCUT2D eigenvalue weighted by atomic mass is 9.95. The Labute approximate surface area is 112 Å². The van der Waals surface area contributed by atoms with Crippen LogP contribution < -0.4 is 16.2 Å². The first kappa shape index (κ1) is 12.7. The summed E-state index contributed by atoms with van der Waals surface area (Å²) in [4.78, 5) is 0.0275. The number of rotatable bonds is 3. The number of primary sulfonamides is 1. The minimum absolute atomic E-state index is 0.0275. The monoisotopic (exact) mass is 283 g/mol. The molecule has 19 heavy (non-hydrogen) atoms. The molecule has 2 aliphatic heterocycles. The van der Waals surface area contributed by atoms with Gasteiger partial charge in [0.25, 0.3) is 0 Å². The van der Waals surface area contributed by atoms with Crippen molar-refractivity contribution in [3.63, 3.8) is 0 Å². The largest absolute Gasteiger partial charge is 0.397 e. The summed E-state index contributed by atoms with van der Waals surface area (Å²) in [6.07, 6.45) is 3.76. The molecule has 7 heteroatoms. The maximum Gasteiger partial charge on any atom is 0.238 e. The van der Waals surface area contributed by atoms with Gasteiger partial charge in [0, 0.05) is 0 Å². The summed E-state index contributed by atoms with van der Waals surface area (Å²) < 4.78 is 28.2. The second kappa shape index (κ2) is 4.36. The molecule has 0 aliphatic carbocycles. The second-order valence-corrected chi connectivity index (χ2v) is 6.72. The van der Waals surface area contributed by atoms with Gasteiger partial charge in [0.1, 0.15) is 0 Å². The molecule has 3 rings (SSSR count). The molecule has 3 atom stereocenters. The molecule has 1 aromatic rings. The third-order valence-corrected chi connectivity index (χ3v) is 4.71. The van der Waals surface area contributed by atoms with Gasteiger partial charge >= 0.3 is 0 Å². The van der Waals surface area contributed by atoms with Crippen LogP contribution in [0.25, 0.3) is 0 Å². The molecule has 0 saturated carbocycles. The maximum absolute atomic E-state index is 11.2. The molecule has 3 unspecified atom stereocenters. The zero-order valence-electron chi connectivity index (χ0n) is 10.4. The molecule has 1 aromatic carbocycles. The predicted octanol–water partition coefficient (Wildman–Crippen LogP) is 0.648. The van der Waals surface area contributed by atoms with Crippen LogP contribution >= 0.6 is 0 Å². The van der Waals surface area contributed by atoms with Gasteiger partial charge in [0.2, 0.25) is 10.0 Å². The van der Waals surface area contributed by atoms with E-state index in [1.54, 1.807) is 6.07 Å². The van der Waals surface area contributed by atoms with E-state index in [0.717, 1.165) is 24.9 Å². The van der Waals surface area contributed by atoms with E-state index in [1.807, 2.05) is 0 Å². The highest BCUT2D eigenvalue weighted by Gasteiger charge is 2.40. The van der Waals surface area contributed by atoms with E-state index < -0.39 is 10.0 Å². The Hall–Kier alpha value is -1.31. The molecule has 0 spiro atoms. The van der Waals surface area contributed by atoms with Crippen molar-refractivity contribution in [3.05, 3.63) is 18.2 Å². The number of nitrogen functional groups attached to an aromatic ring is 1. The number of anilines is 2. The summed E-state index contributed by atoms with van der Waals surface area (Å²) >= 11 is 0. The van der Waals surface area contributed by atoms with Gasteiger partial charge in [-0.05, 0) is 37.5 Å². The van der Waals surface area contributed by atoms with Gasteiger partial charge in [-0.25, -0.2) is 13.6 Å². The number of ether oxygens (including phenoxy) is 1. The van der Waals surface area contributed by atoms with Gasteiger partial charge in [-0.2, -0.15) is 0 Å². The van der Waals surface area contributed by atoms with Gasteiger partial charge in [-0.1, -0.05) is 0 Å². The van der Waals surface area contributed by atoms with Crippen molar-refractivity contribution in [2.45, 2.75) is 42.4 Å². The summed E-state index contributed by atoms with van der Waals surface area (Å²) in [5.41, 5.74) is 6.98. The number of nitrogens with one attached hydrogen (secondary N) is 1. The van der Waals surface area contributed by atoms with Gasteiger partial charge in [0.05, 0.1) is 34.5 Å². The van der Waals surface area contributed by atoms with Crippen LogP contribution in [0.1, 0.15) is 19.3 Å². The van der Waals surface area contributed by atoms with Crippen LogP contribution in [-0.2, 0) is 14.8 Å². The van der Waals surface area contributed by atoms with Crippen molar-refractivity contribution in [1.29, 1.82) is 0 Å². The average molecular weight is 283 g/mol. The van der Waals surface area contributed by atoms with Crippen molar-refractivity contribution in [3.8, 4) is 0 Å². The molecular weight excluding hydrogens is 266 g/mol. The summed E-state index contributed by atoms with van der Waals surface area (Å²) in [6, 6.07) is 4.75. The van der Waals surface area contributed by atoms with Gasteiger partial charge in [-0.15, -0.1) is 0 Å².